The normalized spacial score (nSPS) is 10.5. The van der Waals surface area contributed by atoms with Gasteiger partial charge in [0.1, 0.15) is 12.3 Å². The third kappa shape index (κ3) is 11.6. The van der Waals surface area contributed by atoms with Crippen LogP contribution in [0.2, 0.25) is 0 Å². The lowest BCUT2D eigenvalue weighted by molar-refractivity contribution is -0.121. The molecule has 0 aliphatic heterocycles. The average molecular weight is 614 g/mol. The first-order valence-corrected chi connectivity index (χ1v) is 14.3. The highest BCUT2D eigenvalue weighted by atomic mass is 31.0. The number of nitrogen functional groups attached to an aromatic ring is 1. The maximum absolute atomic E-state index is 13.3. The van der Waals surface area contributed by atoms with Crippen molar-refractivity contribution >= 4 is 44.2 Å². The number of nitrogens with one attached hydrogen (secondary N) is 2. The third-order valence-corrected chi connectivity index (χ3v) is 5.30. The maximum atomic E-state index is 13.3. The number of nitrogens with two attached hydrogens (primary N) is 2. The third-order valence-electron chi connectivity index (χ3n) is 5.30. The number of benzene rings is 2. The monoisotopic (exact) mass is 613 g/mol. The van der Waals surface area contributed by atoms with Crippen LogP contribution in [0.1, 0.15) is 49.2 Å². The number of oxime groups is 1. The van der Waals surface area contributed by atoms with Gasteiger partial charge in [-0.2, -0.15) is 0 Å². The topological polar surface area (TPSA) is 204 Å². The Labute approximate surface area is 252 Å². The van der Waals surface area contributed by atoms with Crippen LogP contribution < -0.4 is 27.7 Å². The summed E-state index contributed by atoms with van der Waals surface area (Å²) in [7, 11) is 3.67. The Morgan fingerprint density at radius 2 is 1.70 bits per heavy atom. The molecule has 232 valence electrons. The summed E-state index contributed by atoms with van der Waals surface area (Å²) in [5.74, 6) is -0.794. The standard InChI is InChI=1S/C25H29N7O5.C3H6O.CH5P/c1-14(2)30-23-24(34)32(13-21(33)28-11-15-4-6-16(7-5-15)22(27)31-36)20(12-29-23)17-8-18(25(35)37-3)10-19(26)9-17;1-3(2)4;1-2/h4-10,12,14,36H,11,13,26H2,1-3H3,(H2,27,31)(H,28,33)(H,29,30);1-2H3;2H2,1H3. The quantitative estimate of drug-likeness (QED) is 0.0454. The van der Waals surface area contributed by atoms with Crippen LogP contribution in [0.5, 0.6) is 0 Å². The van der Waals surface area contributed by atoms with Gasteiger partial charge in [-0.05, 0) is 51.5 Å². The molecule has 14 heteroatoms. The second-order valence-electron chi connectivity index (χ2n) is 9.38. The summed E-state index contributed by atoms with van der Waals surface area (Å²) < 4.78 is 6.05. The molecule has 0 saturated heterocycles. The lowest BCUT2D eigenvalue weighted by Crippen LogP contribution is -2.35. The van der Waals surface area contributed by atoms with Crippen LogP contribution in [0.15, 0.2) is 58.6 Å². The van der Waals surface area contributed by atoms with Crippen molar-refractivity contribution in [2.75, 3.05) is 24.8 Å². The summed E-state index contributed by atoms with van der Waals surface area (Å²) >= 11 is 0. The summed E-state index contributed by atoms with van der Waals surface area (Å²) in [6, 6.07) is 11.3. The van der Waals surface area contributed by atoms with Crippen LogP contribution in [0.3, 0.4) is 0 Å². The van der Waals surface area contributed by atoms with Crippen molar-refractivity contribution in [3.63, 3.8) is 0 Å². The van der Waals surface area contributed by atoms with Crippen molar-refractivity contribution in [1.82, 2.24) is 14.9 Å². The molecular weight excluding hydrogens is 573 g/mol. The van der Waals surface area contributed by atoms with E-state index in [-0.39, 0.29) is 47.8 Å². The zero-order valence-electron chi connectivity index (χ0n) is 25.2. The van der Waals surface area contributed by atoms with Crippen LogP contribution >= 0.6 is 9.24 Å². The number of ether oxygens (including phenoxy) is 1. The molecule has 1 aromatic heterocycles. The molecule has 1 atom stereocenters. The minimum atomic E-state index is -0.593. The number of carbonyl (C=O) groups excluding carboxylic acids is 3. The number of esters is 1. The summed E-state index contributed by atoms with van der Waals surface area (Å²) in [6.45, 7) is 8.57. The average Bonchev–Trinajstić information content (AvgIpc) is 2.97. The van der Waals surface area contributed by atoms with Gasteiger partial charge < -0.3 is 36.8 Å². The molecule has 0 aliphatic carbocycles. The number of anilines is 2. The number of ketones is 1. The molecule has 3 aromatic rings. The molecule has 0 fully saturated rings. The first-order valence-electron chi connectivity index (χ1n) is 13.1. The summed E-state index contributed by atoms with van der Waals surface area (Å²) in [4.78, 5) is 51.9. The smallest absolute Gasteiger partial charge is 0.337 e. The van der Waals surface area contributed by atoms with Crippen LogP contribution in [0, 0.1) is 0 Å². The molecule has 43 heavy (non-hydrogen) atoms. The van der Waals surface area contributed by atoms with Crippen molar-refractivity contribution < 1.29 is 24.3 Å². The van der Waals surface area contributed by atoms with Gasteiger partial charge in [-0.1, -0.05) is 36.1 Å². The molecule has 0 spiro atoms. The van der Waals surface area contributed by atoms with Crippen LogP contribution in [-0.2, 0) is 27.4 Å². The van der Waals surface area contributed by atoms with Crippen LogP contribution in [-0.4, -0.2) is 58.1 Å². The minimum Gasteiger partial charge on any atom is -0.465 e. The Morgan fingerprint density at radius 3 is 2.23 bits per heavy atom. The van der Waals surface area contributed by atoms with E-state index >= 15 is 0 Å². The van der Waals surface area contributed by atoms with Gasteiger partial charge in [0.05, 0.1) is 24.6 Å². The molecule has 1 unspecified atom stereocenters. The van der Waals surface area contributed by atoms with Crippen molar-refractivity contribution in [1.29, 1.82) is 0 Å². The molecule has 0 bridgehead atoms. The van der Waals surface area contributed by atoms with Gasteiger partial charge in [-0.25, -0.2) is 9.78 Å². The molecule has 0 saturated carbocycles. The highest BCUT2D eigenvalue weighted by Gasteiger charge is 2.18. The van der Waals surface area contributed by atoms with E-state index in [0.717, 1.165) is 5.56 Å². The second kappa shape index (κ2) is 17.9. The highest BCUT2D eigenvalue weighted by molar-refractivity contribution is 7.15. The van der Waals surface area contributed by atoms with E-state index in [1.807, 2.05) is 20.5 Å². The van der Waals surface area contributed by atoms with Gasteiger partial charge in [0.15, 0.2) is 11.7 Å². The fourth-order valence-electron chi connectivity index (χ4n) is 3.53. The number of methoxy groups -OCH3 is 1. The van der Waals surface area contributed by atoms with Crippen molar-refractivity contribution in [3.8, 4) is 11.3 Å². The number of carbonyl (C=O) groups is 3. The first kappa shape index (κ1) is 36.3. The predicted octanol–water partition coefficient (Wildman–Crippen LogP) is 2.60. The summed E-state index contributed by atoms with van der Waals surface area (Å²) in [5.41, 5.74) is 13.5. The number of aromatic nitrogens is 2. The zero-order valence-corrected chi connectivity index (χ0v) is 26.3. The summed E-state index contributed by atoms with van der Waals surface area (Å²) in [5, 5.41) is 17.5. The van der Waals surface area contributed by atoms with E-state index in [2.05, 4.69) is 30.0 Å². The number of amides is 1. The molecule has 7 N–H and O–H groups in total. The van der Waals surface area contributed by atoms with E-state index in [1.165, 1.54) is 43.9 Å². The van der Waals surface area contributed by atoms with E-state index in [1.54, 1.807) is 30.3 Å². The fourth-order valence-corrected chi connectivity index (χ4v) is 3.53. The molecule has 0 radical (unpaired) electrons. The second-order valence-corrected chi connectivity index (χ2v) is 9.38. The Bertz CT molecular complexity index is 1480. The Kier molecular flexibility index (Phi) is 15.1. The maximum Gasteiger partial charge on any atom is 0.337 e. The highest BCUT2D eigenvalue weighted by Crippen LogP contribution is 2.24. The lowest BCUT2D eigenvalue weighted by Gasteiger charge is -2.17. The predicted molar refractivity (Wildman–Crippen MR) is 171 cm³/mol. The first-order chi connectivity index (χ1) is 20.4. The molecule has 2 aromatic carbocycles. The van der Waals surface area contributed by atoms with E-state index < -0.39 is 17.4 Å². The van der Waals surface area contributed by atoms with Crippen LogP contribution in [0.4, 0.5) is 11.5 Å². The molecule has 0 aliphatic rings. The fraction of sp³-hybridized carbons (Fsp3) is 0.310. The Balaban J connectivity index is 0.00000142. The molecule has 1 heterocycles. The van der Waals surface area contributed by atoms with E-state index in [9.17, 15) is 19.2 Å². The number of rotatable bonds is 9. The molecule has 13 nitrogen and oxygen atoms in total. The van der Waals surface area contributed by atoms with Crippen molar-refractivity contribution in [2.45, 2.75) is 46.8 Å². The number of Topliss-reactive ketones (excluding diaryl/α,β-unsaturated/α-hetero) is 1. The van der Waals surface area contributed by atoms with Gasteiger partial charge in [0.2, 0.25) is 5.91 Å². The molecule has 3 rings (SSSR count). The molecule has 1 amide bonds. The number of hydrogen-bond donors (Lipinski definition) is 5. The lowest BCUT2D eigenvalue weighted by atomic mass is 10.1. The largest absolute Gasteiger partial charge is 0.465 e. The SMILES string of the molecule is CC(C)=O.COC(=O)c1cc(N)cc(-c2cnc(NC(C)C)c(=O)n2CC(=O)NCc2ccc(/C(N)=N/O)cc2)c1.CP. The minimum absolute atomic E-state index is 0.0251. The van der Waals surface area contributed by atoms with Gasteiger partial charge in [-0.3, -0.25) is 14.2 Å². The van der Waals surface area contributed by atoms with Gasteiger partial charge in [-0.15, -0.1) is 9.24 Å². The number of amidine groups is 1. The van der Waals surface area contributed by atoms with Gasteiger partial charge in [0, 0.05) is 29.4 Å². The molecular formula is C29H40N7O6P. The zero-order chi connectivity index (χ0) is 32.7. The van der Waals surface area contributed by atoms with Gasteiger partial charge >= 0.3 is 5.97 Å². The number of hydrogen-bond acceptors (Lipinski definition) is 10. The van der Waals surface area contributed by atoms with Crippen molar-refractivity contribution in [2.24, 2.45) is 10.9 Å². The van der Waals surface area contributed by atoms with E-state index in [0.29, 0.717) is 16.8 Å². The van der Waals surface area contributed by atoms with E-state index in [4.69, 9.17) is 21.4 Å². The van der Waals surface area contributed by atoms with Gasteiger partial charge in [0.25, 0.3) is 5.56 Å². The Hall–Kier alpha value is -4.77. The van der Waals surface area contributed by atoms with Crippen molar-refractivity contribution in [3.05, 3.63) is 75.7 Å². The summed E-state index contributed by atoms with van der Waals surface area (Å²) in [6.07, 6.45) is 1.45. The number of nitrogens with zero attached hydrogens (tertiary/aromatic N) is 3. The Morgan fingerprint density at radius 1 is 1.09 bits per heavy atom. The van der Waals surface area contributed by atoms with Crippen LogP contribution in [0.25, 0.3) is 11.3 Å².